The van der Waals surface area contributed by atoms with Crippen LogP contribution in [0.1, 0.15) is 35.6 Å². The number of fused-ring (bicyclic) bond motifs is 1. The summed E-state index contributed by atoms with van der Waals surface area (Å²) < 4.78 is 17.3. The van der Waals surface area contributed by atoms with Crippen LogP contribution in [-0.2, 0) is 22.4 Å². The minimum absolute atomic E-state index is 0.0153. The van der Waals surface area contributed by atoms with E-state index >= 15 is 0 Å². The van der Waals surface area contributed by atoms with Crippen molar-refractivity contribution in [3.63, 3.8) is 0 Å². The first kappa shape index (κ1) is 27.8. The van der Waals surface area contributed by atoms with Crippen molar-refractivity contribution >= 4 is 11.6 Å². The van der Waals surface area contributed by atoms with Crippen molar-refractivity contribution in [1.82, 2.24) is 9.80 Å². The average Bonchev–Trinajstić information content (AvgIpc) is 2.99. The molecule has 2 aromatic rings. The molecule has 2 atom stereocenters. The molecule has 2 aliphatic heterocycles. The Kier molecular flexibility index (Phi) is 8.98. The lowest BCUT2D eigenvalue weighted by Gasteiger charge is -2.39. The number of hydrogen-bond acceptors (Lipinski definition) is 6. The van der Waals surface area contributed by atoms with Crippen molar-refractivity contribution in [2.75, 3.05) is 77.6 Å². The second kappa shape index (κ2) is 12.6. The van der Waals surface area contributed by atoms with Gasteiger partial charge >= 0.3 is 0 Å². The summed E-state index contributed by atoms with van der Waals surface area (Å²) in [6, 6.07) is 10.4. The van der Waals surface area contributed by atoms with Crippen LogP contribution in [0.15, 0.2) is 30.3 Å². The lowest BCUT2D eigenvalue weighted by atomic mass is 9.74. The summed E-state index contributed by atoms with van der Waals surface area (Å²) in [5.41, 5.74) is 6.56. The Hall–Kier alpha value is -2.77. The molecule has 2 saturated heterocycles. The van der Waals surface area contributed by atoms with Crippen LogP contribution in [0.3, 0.4) is 0 Å². The average molecular weight is 536 g/mol. The maximum atomic E-state index is 13.6. The van der Waals surface area contributed by atoms with Crippen molar-refractivity contribution in [2.45, 2.75) is 40.0 Å². The largest absolute Gasteiger partial charge is 0.495 e. The molecule has 2 heterocycles. The molecule has 0 spiro atoms. The van der Waals surface area contributed by atoms with Crippen LogP contribution >= 0.6 is 0 Å². The number of aryl methyl sites for hydroxylation is 1. The minimum atomic E-state index is 0.0153. The van der Waals surface area contributed by atoms with Gasteiger partial charge in [0.2, 0.25) is 5.91 Å². The summed E-state index contributed by atoms with van der Waals surface area (Å²) >= 11 is 0. The molecule has 212 valence electrons. The molecule has 7 nitrogen and oxygen atoms in total. The van der Waals surface area contributed by atoms with Gasteiger partial charge in [-0.25, -0.2) is 0 Å². The number of anilines is 1. The van der Waals surface area contributed by atoms with Gasteiger partial charge in [-0.2, -0.15) is 0 Å². The summed E-state index contributed by atoms with van der Waals surface area (Å²) in [6.07, 6.45) is 3.06. The zero-order valence-electron chi connectivity index (χ0n) is 24.2. The van der Waals surface area contributed by atoms with Crippen LogP contribution in [0.25, 0.3) is 0 Å². The fraction of sp³-hybridized carbons (Fsp3) is 0.594. The van der Waals surface area contributed by atoms with E-state index in [0.29, 0.717) is 18.4 Å². The molecule has 0 N–H and O–H groups in total. The molecule has 39 heavy (non-hydrogen) atoms. The van der Waals surface area contributed by atoms with Gasteiger partial charge in [0.1, 0.15) is 18.1 Å². The molecular weight excluding hydrogens is 490 g/mol. The number of hydrogen-bond donors (Lipinski definition) is 0. The number of carbonyl (C=O) groups is 1. The molecule has 0 saturated carbocycles. The maximum absolute atomic E-state index is 13.6. The Morgan fingerprint density at radius 2 is 1.77 bits per heavy atom. The third-order valence-corrected chi connectivity index (χ3v) is 9.12. The Labute approximate surface area is 234 Å². The van der Waals surface area contributed by atoms with E-state index in [4.69, 9.17) is 14.2 Å². The van der Waals surface area contributed by atoms with Gasteiger partial charge in [-0.3, -0.25) is 9.69 Å². The highest BCUT2D eigenvalue weighted by molar-refractivity contribution is 5.79. The third-order valence-electron chi connectivity index (χ3n) is 9.12. The first-order chi connectivity index (χ1) is 19.0. The Morgan fingerprint density at radius 3 is 2.51 bits per heavy atom. The highest BCUT2D eigenvalue weighted by Gasteiger charge is 2.34. The molecule has 1 amide bonds. The number of nitrogens with zero attached hydrogens (tertiary/aromatic N) is 3. The summed E-state index contributed by atoms with van der Waals surface area (Å²) in [4.78, 5) is 20.4. The van der Waals surface area contributed by atoms with Gasteiger partial charge in [0.25, 0.3) is 0 Å². The van der Waals surface area contributed by atoms with Crippen LogP contribution in [0.4, 0.5) is 5.69 Å². The molecule has 0 radical (unpaired) electrons. The number of morpholine rings is 1. The fourth-order valence-electron chi connectivity index (χ4n) is 6.56. The second-order valence-electron chi connectivity index (χ2n) is 11.4. The van der Waals surface area contributed by atoms with Gasteiger partial charge in [-0.1, -0.05) is 19.1 Å². The predicted octanol–water partition coefficient (Wildman–Crippen LogP) is 4.11. The predicted molar refractivity (Wildman–Crippen MR) is 155 cm³/mol. The Bertz CT molecular complexity index is 1140. The number of ether oxygens (including phenoxy) is 3. The number of methoxy groups -OCH3 is 1. The van der Waals surface area contributed by atoms with E-state index in [-0.39, 0.29) is 5.92 Å². The van der Waals surface area contributed by atoms with Gasteiger partial charge < -0.3 is 24.0 Å². The number of para-hydroxylation sites is 2. The smallest absolute Gasteiger partial charge is 0.225 e. The number of amides is 1. The number of benzene rings is 2. The van der Waals surface area contributed by atoms with Gasteiger partial charge in [-0.05, 0) is 79.5 Å². The lowest BCUT2D eigenvalue weighted by Crippen LogP contribution is -2.51. The van der Waals surface area contributed by atoms with Crippen molar-refractivity contribution in [3.05, 3.63) is 52.6 Å². The van der Waals surface area contributed by atoms with Gasteiger partial charge in [-0.15, -0.1) is 0 Å². The zero-order valence-corrected chi connectivity index (χ0v) is 24.2. The van der Waals surface area contributed by atoms with E-state index in [9.17, 15) is 4.79 Å². The molecule has 1 aliphatic carbocycles. The van der Waals surface area contributed by atoms with Crippen LogP contribution in [0.2, 0.25) is 0 Å². The molecule has 1 unspecified atom stereocenters. The van der Waals surface area contributed by atoms with Crippen LogP contribution in [0, 0.1) is 25.7 Å². The molecule has 2 fully saturated rings. The zero-order chi connectivity index (χ0) is 27.4. The summed E-state index contributed by atoms with van der Waals surface area (Å²) in [5.74, 6) is 2.57. The summed E-state index contributed by atoms with van der Waals surface area (Å²) in [5, 5.41) is 0. The number of piperazine rings is 1. The first-order valence-corrected chi connectivity index (χ1v) is 14.7. The van der Waals surface area contributed by atoms with Crippen LogP contribution in [-0.4, -0.2) is 88.5 Å². The minimum Gasteiger partial charge on any atom is -0.495 e. The summed E-state index contributed by atoms with van der Waals surface area (Å²) in [7, 11) is 1.71. The van der Waals surface area contributed by atoms with Crippen LogP contribution < -0.4 is 14.4 Å². The quantitative estimate of drug-likeness (QED) is 0.507. The Balaban J connectivity index is 1.19. The van der Waals surface area contributed by atoms with Crippen molar-refractivity contribution in [3.8, 4) is 11.5 Å². The summed E-state index contributed by atoms with van der Waals surface area (Å²) in [6.45, 7) is 14.9. The van der Waals surface area contributed by atoms with E-state index in [2.05, 4.69) is 47.6 Å². The molecule has 0 aromatic heterocycles. The highest BCUT2D eigenvalue weighted by Crippen LogP contribution is 2.38. The van der Waals surface area contributed by atoms with Gasteiger partial charge in [0.15, 0.2) is 0 Å². The van der Waals surface area contributed by atoms with E-state index in [1.54, 1.807) is 7.11 Å². The SMILES string of the molecule is COc1ccccc1N1CCN(C(=O)C(C)[C@@H]2CCc3c(C)cc(OCCN4CCOCC4)c(C)c3C2)CC1. The van der Waals surface area contributed by atoms with E-state index in [1.807, 2.05) is 18.2 Å². The topological polar surface area (TPSA) is 54.5 Å². The maximum Gasteiger partial charge on any atom is 0.225 e. The molecular formula is C32H45N3O4. The number of rotatable bonds is 8. The molecule has 0 bridgehead atoms. The van der Waals surface area contributed by atoms with E-state index in [1.165, 1.54) is 22.3 Å². The number of carbonyl (C=O) groups excluding carboxylic acids is 1. The van der Waals surface area contributed by atoms with Gasteiger partial charge in [0, 0.05) is 51.7 Å². The second-order valence-corrected chi connectivity index (χ2v) is 11.4. The van der Waals surface area contributed by atoms with Crippen molar-refractivity contribution < 1.29 is 19.0 Å². The standard InChI is InChI=1S/C32H45N3O4/c1-23-21-31(39-20-17-33-15-18-38-19-16-33)25(3)28-22-26(9-10-27(23)28)24(2)32(36)35-13-11-34(12-14-35)29-7-5-6-8-30(29)37-4/h5-8,21,24,26H,9-20,22H2,1-4H3/t24?,26-/m1/s1. The van der Waals surface area contributed by atoms with Crippen molar-refractivity contribution in [2.24, 2.45) is 11.8 Å². The normalized spacial score (nSPS) is 20.9. The van der Waals surface area contributed by atoms with E-state index in [0.717, 1.165) is 95.5 Å². The van der Waals surface area contributed by atoms with Gasteiger partial charge in [0.05, 0.1) is 26.0 Å². The van der Waals surface area contributed by atoms with Crippen LogP contribution in [0.5, 0.6) is 11.5 Å². The fourth-order valence-corrected chi connectivity index (χ4v) is 6.56. The monoisotopic (exact) mass is 535 g/mol. The Morgan fingerprint density at radius 1 is 1.03 bits per heavy atom. The van der Waals surface area contributed by atoms with E-state index < -0.39 is 0 Å². The molecule has 2 aromatic carbocycles. The molecule has 5 rings (SSSR count). The first-order valence-electron chi connectivity index (χ1n) is 14.7. The lowest BCUT2D eigenvalue weighted by molar-refractivity contribution is -0.137. The molecule has 3 aliphatic rings. The third kappa shape index (κ3) is 6.20. The van der Waals surface area contributed by atoms with Crippen molar-refractivity contribution in [1.29, 1.82) is 0 Å². The molecule has 7 heteroatoms. The highest BCUT2D eigenvalue weighted by atomic mass is 16.5.